The lowest BCUT2D eigenvalue weighted by molar-refractivity contribution is -0.125. The molecule has 1 aliphatic heterocycles. The predicted octanol–water partition coefficient (Wildman–Crippen LogP) is 2.12. The van der Waals surface area contributed by atoms with E-state index < -0.39 is 6.04 Å². The maximum atomic E-state index is 12.2. The zero-order valence-corrected chi connectivity index (χ0v) is 14.4. The first kappa shape index (κ1) is 17.8. The summed E-state index contributed by atoms with van der Waals surface area (Å²) >= 11 is 6.34. The molecule has 0 aromatic heterocycles. The van der Waals surface area contributed by atoms with Crippen molar-refractivity contribution in [2.24, 2.45) is 0 Å². The third kappa shape index (κ3) is 4.45. The van der Waals surface area contributed by atoms with Crippen LogP contribution in [-0.4, -0.2) is 42.4 Å². The van der Waals surface area contributed by atoms with Gasteiger partial charge >= 0.3 is 0 Å². The third-order valence-corrected chi connectivity index (χ3v) is 4.64. The Hall–Kier alpha value is -1.59. The molecule has 1 aromatic carbocycles. The van der Waals surface area contributed by atoms with Gasteiger partial charge in [-0.15, -0.1) is 0 Å². The van der Waals surface area contributed by atoms with Gasteiger partial charge in [0.25, 0.3) is 0 Å². The van der Waals surface area contributed by atoms with Crippen LogP contribution in [0.1, 0.15) is 38.3 Å². The lowest BCUT2D eigenvalue weighted by Gasteiger charge is -2.31. The largest absolute Gasteiger partial charge is 0.352 e. The summed E-state index contributed by atoms with van der Waals surface area (Å²) in [6, 6.07) is 7.32. The Morgan fingerprint density at radius 1 is 1.39 bits per heavy atom. The van der Waals surface area contributed by atoms with Crippen molar-refractivity contribution >= 4 is 23.4 Å². The number of carbonyl (C=O) groups is 2. The van der Waals surface area contributed by atoms with Gasteiger partial charge in [0.2, 0.25) is 11.8 Å². The van der Waals surface area contributed by atoms with Gasteiger partial charge in [-0.2, -0.15) is 0 Å². The highest BCUT2D eigenvalue weighted by Crippen LogP contribution is 2.27. The molecule has 126 valence electrons. The molecular formula is C17H24ClN3O2. The summed E-state index contributed by atoms with van der Waals surface area (Å²) in [7, 11) is 0. The fraction of sp³-hybridized carbons (Fsp3) is 0.529. The quantitative estimate of drug-likeness (QED) is 0.801. The molecule has 1 saturated heterocycles. The standard InChI is InChI=1S/C17H24ClN3O2/c1-3-21(4-2)15(12-7-5-6-8-13(12)18)11-19-17(23)14-9-10-16(22)20-14/h5-8,14-15H,3-4,9-11H2,1-2H3,(H,19,23)(H,20,22)/t14-,15-/m1/s1. The highest BCUT2D eigenvalue weighted by atomic mass is 35.5. The Bertz CT molecular complexity index is 561. The topological polar surface area (TPSA) is 61.4 Å². The molecule has 1 aromatic rings. The van der Waals surface area contributed by atoms with E-state index in [9.17, 15) is 9.59 Å². The Morgan fingerprint density at radius 3 is 2.65 bits per heavy atom. The number of amides is 2. The number of likely N-dealkylation sites (N-methyl/N-ethyl adjacent to an activating group) is 1. The van der Waals surface area contributed by atoms with Crippen LogP contribution in [0.15, 0.2) is 24.3 Å². The molecule has 5 nitrogen and oxygen atoms in total. The van der Waals surface area contributed by atoms with E-state index in [4.69, 9.17) is 11.6 Å². The van der Waals surface area contributed by atoms with Crippen molar-refractivity contribution in [3.05, 3.63) is 34.9 Å². The van der Waals surface area contributed by atoms with Crippen LogP contribution in [0.25, 0.3) is 0 Å². The summed E-state index contributed by atoms with van der Waals surface area (Å²) in [6.45, 7) is 6.38. The van der Waals surface area contributed by atoms with Gasteiger partial charge in [0.1, 0.15) is 6.04 Å². The molecule has 0 radical (unpaired) electrons. The van der Waals surface area contributed by atoms with Gasteiger partial charge in [0, 0.05) is 18.0 Å². The zero-order valence-electron chi connectivity index (χ0n) is 13.6. The van der Waals surface area contributed by atoms with Gasteiger partial charge < -0.3 is 10.6 Å². The number of nitrogens with zero attached hydrogens (tertiary/aromatic N) is 1. The maximum Gasteiger partial charge on any atom is 0.242 e. The number of halogens is 1. The van der Waals surface area contributed by atoms with Gasteiger partial charge in [-0.05, 0) is 31.1 Å². The highest BCUT2D eigenvalue weighted by molar-refractivity contribution is 6.31. The number of carbonyl (C=O) groups excluding carboxylic acids is 2. The van der Waals surface area contributed by atoms with Gasteiger partial charge in [0.15, 0.2) is 0 Å². The second-order valence-corrected chi connectivity index (χ2v) is 6.07. The smallest absolute Gasteiger partial charge is 0.242 e. The van der Waals surface area contributed by atoms with Crippen LogP contribution in [0.2, 0.25) is 5.02 Å². The molecule has 2 atom stereocenters. The molecule has 2 amide bonds. The van der Waals surface area contributed by atoms with Crippen LogP contribution in [0.3, 0.4) is 0 Å². The van der Waals surface area contributed by atoms with Crippen LogP contribution in [0.4, 0.5) is 0 Å². The summed E-state index contributed by atoms with van der Waals surface area (Å²) in [6.07, 6.45) is 0.981. The van der Waals surface area contributed by atoms with Crippen molar-refractivity contribution in [2.45, 2.75) is 38.8 Å². The van der Waals surface area contributed by atoms with Gasteiger partial charge in [-0.1, -0.05) is 43.6 Å². The average molecular weight is 338 g/mol. The lowest BCUT2D eigenvalue weighted by atomic mass is 10.0. The summed E-state index contributed by atoms with van der Waals surface area (Å²) in [5, 5.41) is 6.36. The number of hydrogen-bond acceptors (Lipinski definition) is 3. The fourth-order valence-electron chi connectivity index (χ4n) is 2.98. The Morgan fingerprint density at radius 2 is 2.09 bits per heavy atom. The Kier molecular flexibility index (Phi) is 6.42. The molecule has 0 saturated carbocycles. The van der Waals surface area contributed by atoms with Gasteiger partial charge in [-0.3, -0.25) is 14.5 Å². The number of rotatable bonds is 7. The van der Waals surface area contributed by atoms with Crippen molar-refractivity contribution in [3.63, 3.8) is 0 Å². The number of benzene rings is 1. The molecule has 0 aliphatic carbocycles. The van der Waals surface area contributed by atoms with Crippen LogP contribution in [0, 0.1) is 0 Å². The molecule has 23 heavy (non-hydrogen) atoms. The first-order chi connectivity index (χ1) is 11.1. The van der Waals surface area contributed by atoms with E-state index in [-0.39, 0.29) is 17.9 Å². The maximum absolute atomic E-state index is 12.2. The average Bonchev–Trinajstić information content (AvgIpc) is 2.98. The Balaban J connectivity index is 2.07. The van der Waals surface area contributed by atoms with Crippen molar-refractivity contribution in [3.8, 4) is 0 Å². The van der Waals surface area contributed by atoms with Gasteiger partial charge in [0.05, 0.1) is 6.04 Å². The summed E-state index contributed by atoms with van der Waals surface area (Å²) in [4.78, 5) is 25.7. The first-order valence-electron chi connectivity index (χ1n) is 8.12. The monoisotopic (exact) mass is 337 g/mol. The van der Waals surface area contributed by atoms with Crippen molar-refractivity contribution in [1.29, 1.82) is 0 Å². The molecule has 0 unspecified atom stereocenters. The van der Waals surface area contributed by atoms with Crippen LogP contribution in [0.5, 0.6) is 0 Å². The first-order valence-corrected chi connectivity index (χ1v) is 8.50. The minimum absolute atomic E-state index is 0.0137. The Labute approximate surface area is 142 Å². The number of nitrogens with one attached hydrogen (secondary N) is 2. The zero-order chi connectivity index (χ0) is 16.8. The van der Waals surface area contributed by atoms with Crippen molar-refractivity contribution in [2.75, 3.05) is 19.6 Å². The van der Waals surface area contributed by atoms with Crippen molar-refractivity contribution in [1.82, 2.24) is 15.5 Å². The molecule has 2 N–H and O–H groups in total. The van der Waals surface area contributed by atoms with Gasteiger partial charge in [-0.25, -0.2) is 0 Å². The summed E-state index contributed by atoms with van der Waals surface area (Å²) in [5.74, 6) is -0.184. The molecule has 1 fully saturated rings. The van der Waals surface area contributed by atoms with E-state index in [2.05, 4.69) is 29.4 Å². The van der Waals surface area contributed by atoms with Crippen LogP contribution < -0.4 is 10.6 Å². The highest BCUT2D eigenvalue weighted by Gasteiger charge is 2.28. The fourth-order valence-corrected chi connectivity index (χ4v) is 3.24. The normalized spacial score (nSPS) is 18.8. The van der Waals surface area contributed by atoms with Crippen LogP contribution >= 0.6 is 11.6 Å². The molecule has 2 rings (SSSR count). The molecule has 1 heterocycles. The lowest BCUT2D eigenvalue weighted by Crippen LogP contribution is -2.45. The van der Waals surface area contributed by atoms with E-state index >= 15 is 0 Å². The van der Waals surface area contributed by atoms with E-state index in [1.54, 1.807) is 0 Å². The summed E-state index contributed by atoms with van der Waals surface area (Å²) < 4.78 is 0. The third-order valence-electron chi connectivity index (χ3n) is 4.30. The summed E-state index contributed by atoms with van der Waals surface area (Å²) in [5.41, 5.74) is 1.01. The van der Waals surface area contributed by atoms with E-state index in [1.165, 1.54) is 0 Å². The van der Waals surface area contributed by atoms with E-state index in [0.717, 1.165) is 18.7 Å². The minimum Gasteiger partial charge on any atom is -0.352 e. The molecule has 0 bridgehead atoms. The molecular weight excluding hydrogens is 314 g/mol. The van der Waals surface area contributed by atoms with E-state index in [0.29, 0.717) is 24.4 Å². The number of hydrogen-bond donors (Lipinski definition) is 2. The molecule has 0 spiro atoms. The van der Waals surface area contributed by atoms with Crippen molar-refractivity contribution < 1.29 is 9.59 Å². The minimum atomic E-state index is -0.411. The molecule has 1 aliphatic rings. The molecule has 6 heteroatoms. The van der Waals surface area contributed by atoms with E-state index in [1.807, 2.05) is 24.3 Å². The second-order valence-electron chi connectivity index (χ2n) is 5.66. The SMILES string of the molecule is CCN(CC)[C@H](CNC(=O)[C@H]1CCC(=O)N1)c1ccccc1Cl. The second kappa shape index (κ2) is 8.31. The van der Waals surface area contributed by atoms with Crippen LogP contribution in [-0.2, 0) is 9.59 Å². The predicted molar refractivity (Wildman–Crippen MR) is 91.3 cm³/mol.